The van der Waals surface area contributed by atoms with Gasteiger partial charge in [0.2, 0.25) is 0 Å². The zero-order valence-corrected chi connectivity index (χ0v) is 5.27. The Morgan fingerprint density at radius 3 is 3.00 bits per heavy atom. The van der Waals surface area contributed by atoms with Gasteiger partial charge >= 0.3 is 5.37 Å². The number of H-pyrrole nitrogens is 1. The van der Waals surface area contributed by atoms with E-state index in [1.165, 1.54) is 0 Å². The van der Waals surface area contributed by atoms with Gasteiger partial charge in [0.15, 0.2) is 0 Å². The lowest BCUT2D eigenvalue weighted by atomic mass is 10.5. The van der Waals surface area contributed by atoms with Gasteiger partial charge in [-0.05, 0) is 17.7 Å². The number of aromatic amines is 1. The van der Waals surface area contributed by atoms with Crippen molar-refractivity contribution in [3.63, 3.8) is 0 Å². The quantitative estimate of drug-likeness (QED) is 0.458. The van der Waals surface area contributed by atoms with E-state index in [1.54, 1.807) is 18.5 Å². The van der Waals surface area contributed by atoms with Gasteiger partial charge in [0.05, 0.1) is 5.69 Å². The monoisotopic (exact) mass is 144 g/mol. The summed E-state index contributed by atoms with van der Waals surface area (Å²) in [4.78, 5) is 12.9. The predicted octanol–water partition coefficient (Wildman–Crippen LogP) is 1.79. The molecule has 0 radical (unpaired) electrons. The van der Waals surface area contributed by atoms with Crippen LogP contribution in [0.4, 0.5) is 10.5 Å². The molecular formula is C5H5ClN2O. The predicted molar refractivity (Wildman–Crippen MR) is 35.7 cm³/mol. The number of rotatable bonds is 1. The smallest absolute Gasteiger partial charge is 0.318 e. The largest absolute Gasteiger partial charge is 0.366 e. The fourth-order valence-electron chi connectivity index (χ4n) is 0.515. The van der Waals surface area contributed by atoms with Gasteiger partial charge in [-0.1, -0.05) is 0 Å². The molecule has 0 aromatic carbocycles. The average Bonchev–Trinajstić information content (AvgIpc) is 2.15. The summed E-state index contributed by atoms with van der Waals surface area (Å²) < 4.78 is 0. The zero-order valence-electron chi connectivity index (χ0n) is 4.52. The Hall–Kier alpha value is -0.960. The topological polar surface area (TPSA) is 44.9 Å². The summed E-state index contributed by atoms with van der Waals surface area (Å²) in [5.74, 6) is 0. The molecule has 48 valence electrons. The Morgan fingerprint density at radius 2 is 2.56 bits per heavy atom. The minimum atomic E-state index is -0.574. The first-order valence-corrected chi connectivity index (χ1v) is 2.76. The van der Waals surface area contributed by atoms with Crippen LogP contribution in [0.1, 0.15) is 0 Å². The summed E-state index contributed by atoms with van der Waals surface area (Å²) in [6, 6.07) is 1.71. The van der Waals surface area contributed by atoms with Crippen LogP contribution in [0.3, 0.4) is 0 Å². The second kappa shape index (κ2) is 2.55. The molecule has 2 N–H and O–H groups in total. The summed E-state index contributed by atoms with van der Waals surface area (Å²) in [6.07, 6.45) is 3.34. The molecule has 0 bridgehead atoms. The molecule has 0 saturated carbocycles. The highest BCUT2D eigenvalue weighted by molar-refractivity contribution is 6.65. The number of amides is 1. The number of hydrogen-bond acceptors (Lipinski definition) is 1. The van der Waals surface area contributed by atoms with E-state index in [0.717, 1.165) is 0 Å². The highest BCUT2D eigenvalue weighted by Crippen LogP contribution is 2.03. The molecule has 1 rings (SSSR count). The third-order valence-corrected chi connectivity index (χ3v) is 0.935. The van der Waals surface area contributed by atoms with Crippen molar-refractivity contribution in [1.29, 1.82) is 0 Å². The lowest BCUT2D eigenvalue weighted by Crippen LogP contribution is -1.98. The van der Waals surface area contributed by atoms with Gasteiger partial charge in [0.25, 0.3) is 0 Å². The van der Waals surface area contributed by atoms with Crippen LogP contribution >= 0.6 is 11.6 Å². The molecule has 0 aliphatic carbocycles. The van der Waals surface area contributed by atoms with E-state index in [9.17, 15) is 4.79 Å². The van der Waals surface area contributed by atoms with Crippen molar-refractivity contribution in [2.24, 2.45) is 0 Å². The molecule has 0 unspecified atom stereocenters. The molecule has 1 aromatic rings. The molecule has 0 atom stereocenters. The SMILES string of the molecule is O=C(Cl)Nc1cc[nH]c1. The normalized spacial score (nSPS) is 9.00. The van der Waals surface area contributed by atoms with Gasteiger partial charge in [-0.3, -0.25) is 4.79 Å². The van der Waals surface area contributed by atoms with Crippen molar-refractivity contribution >= 4 is 22.7 Å². The Bertz CT molecular complexity index is 195. The van der Waals surface area contributed by atoms with Gasteiger partial charge in [0, 0.05) is 12.4 Å². The van der Waals surface area contributed by atoms with E-state index >= 15 is 0 Å². The van der Waals surface area contributed by atoms with Crippen molar-refractivity contribution in [3.8, 4) is 0 Å². The first kappa shape index (κ1) is 6.16. The van der Waals surface area contributed by atoms with E-state index in [1.807, 2.05) is 0 Å². The van der Waals surface area contributed by atoms with Gasteiger partial charge < -0.3 is 10.3 Å². The Balaban J connectivity index is 2.58. The standard InChI is InChI=1S/C5H5ClN2O/c6-5(9)8-4-1-2-7-3-4/h1-3,7H,(H,8,9). The minimum absolute atomic E-state index is 0.574. The number of aromatic nitrogens is 1. The van der Waals surface area contributed by atoms with Crippen LogP contribution < -0.4 is 5.32 Å². The van der Waals surface area contributed by atoms with E-state index < -0.39 is 5.37 Å². The van der Waals surface area contributed by atoms with E-state index in [0.29, 0.717) is 5.69 Å². The molecule has 3 nitrogen and oxygen atoms in total. The summed E-state index contributed by atoms with van der Waals surface area (Å²) in [7, 11) is 0. The van der Waals surface area contributed by atoms with Crippen LogP contribution in [-0.2, 0) is 0 Å². The average molecular weight is 145 g/mol. The molecule has 0 fully saturated rings. The van der Waals surface area contributed by atoms with Gasteiger partial charge in [-0.2, -0.15) is 0 Å². The first-order valence-electron chi connectivity index (χ1n) is 2.38. The van der Waals surface area contributed by atoms with Crippen molar-refractivity contribution in [2.45, 2.75) is 0 Å². The summed E-state index contributed by atoms with van der Waals surface area (Å²) in [5, 5.41) is 1.81. The fraction of sp³-hybridized carbons (Fsp3) is 0. The summed E-state index contributed by atoms with van der Waals surface area (Å²) in [6.45, 7) is 0. The maximum Gasteiger partial charge on any atom is 0.318 e. The van der Waals surface area contributed by atoms with Crippen LogP contribution in [0.15, 0.2) is 18.5 Å². The summed E-state index contributed by atoms with van der Waals surface area (Å²) >= 11 is 5.01. The molecule has 0 spiro atoms. The van der Waals surface area contributed by atoms with Crippen LogP contribution in [0.5, 0.6) is 0 Å². The lowest BCUT2D eigenvalue weighted by Gasteiger charge is -1.90. The number of carbonyl (C=O) groups is 1. The minimum Gasteiger partial charge on any atom is -0.366 e. The van der Waals surface area contributed by atoms with Crippen LogP contribution in [0, 0.1) is 0 Å². The molecule has 1 aromatic heterocycles. The zero-order chi connectivity index (χ0) is 6.69. The Labute approximate surface area is 57.0 Å². The highest BCUT2D eigenvalue weighted by Gasteiger charge is 1.93. The molecule has 1 amide bonds. The first-order chi connectivity index (χ1) is 4.29. The van der Waals surface area contributed by atoms with Crippen LogP contribution in [-0.4, -0.2) is 10.4 Å². The van der Waals surface area contributed by atoms with Crippen molar-refractivity contribution < 1.29 is 4.79 Å². The second-order valence-corrected chi connectivity index (χ2v) is 1.84. The maximum absolute atomic E-state index is 10.2. The van der Waals surface area contributed by atoms with Gasteiger partial charge in [-0.15, -0.1) is 0 Å². The van der Waals surface area contributed by atoms with E-state index in [4.69, 9.17) is 11.6 Å². The molecule has 9 heavy (non-hydrogen) atoms. The second-order valence-electron chi connectivity index (χ2n) is 1.50. The van der Waals surface area contributed by atoms with Crippen molar-refractivity contribution in [2.75, 3.05) is 5.32 Å². The number of halogens is 1. The fourth-order valence-corrected chi connectivity index (χ4v) is 0.624. The van der Waals surface area contributed by atoms with E-state index in [-0.39, 0.29) is 0 Å². The molecular weight excluding hydrogens is 140 g/mol. The van der Waals surface area contributed by atoms with Crippen LogP contribution in [0.25, 0.3) is 0 Å². The third kappa shape index (κ3) is 1.77. The number of carbonyl (C=O) groups excluding carboxylic acids is 1. The Kier molecular flexibility index (Phi) is 1.75. The lowest BCUT2D eigenvalue weighted by molar-refractivity contribution is 0.269. The van der Waals surface area contributed by atoms with Gasteiger partial charge in [0.1, 0.15) is 0 Å². The number of nitrogens with one attached hydrogen (secondary N) is 2. The molecule has 1 heterocycles. The molecule has 0 saturated heterocycles. The van der Waals surface area contributed by atoms with Crippen molar-refractivity contribution in [1.82, 2.24) is 4.98 Å². The summed E-state index contributed by atoms with van der Waals surface area (Å²) in [5.41, 5.74) is 0.676. The number of hydrogen-bond donors (Lipinski definition) is 2. The van der Waals surface area contributed by atoms with Crippen molar-refractivity contribution in [3.05, 3.63) is 18.5 Å². The van der Waals surface area contributed by atoms with Crippen LogP contribution in [0.2, 0.25) is 0 Å². The maximum atomic E-state index is 10.2. The highest BCUT2D eigenvalue weighted by atomic mass is 35.5. The van der Waals surface area contributed by atoms with E-state index in [2.05, 4.69) is 10.3 Å². The molecule has 0 aliphatic heterocycles. The third-order valence-electron chi connectivity index (χ3n) is 0.841. The number of anilines is 1. The molecule has 0 aliphatic rings. The van der Waals surface area contributed by atoms with Gasteiger partial charge in [-0.25, -0.2) is 0 Å². The molecule has 4 heteroatoms. The Morgan fingerprint density at radius 1 is 1.78 bits per heavy atom.